The van der Waals surface area contributed by atoms with Crippen molar-refractivity contribution in [2.75, 3.05) is 5.32 Å². The van der Waals surface area contributed by atoms with Crippen molar-refractivity contribution in [3.63, 3.8) is 0 Å². The van der Waals surface area contributed by atoms with Crippen LogP contribution in [0.4, 0.5) is 5.69 Å². The fourth-order valence-electron chi connectivity index (χ4n) is 2.92. The van der Waals surface area contributed by atoms with Crippen LogP contribution in [-0.2, 0) is 0 Å². The maximum atomic E-state index is 12.3. The monoisotopic (exact) mass is 379 g/mol. The highest BCUT2D eigenvalue weighted by atomic mass is 16.5. The fraction of sp³-hybridized carbons (Fsp3) is 0. The molecule has 3 aromatic carbocycles. The van der Waals surface area contributed by atoms with E-state index in [4.69, 9.17) is 10.5 Å². The van der Waals surface area contributed by atoms with Crippen molar-refractivity contribution in [1.29, 1.82) is 10.5 Å². The van der Waals surface area contributed by atoms with E-state index < -0.39 is 0 Å². The van der Waals surface area contributed by atoms with Crippen LogP contribution in [0, 0.1) is 22.7 Å². The van der Waals surface area contributed by atoms with Gasteiger partial charge in [0.05, 0.1) is 28.8 Å². The number of nitrogens with one attached hydrogen (secondary N) is 1. The van der Waals surface area contributed by atoms with E-state index in [1.54, 1.807) is 66.7 Å². The average molecular weight is 379 g/mol. The third-order valence-electron chi connectivity index (χ3n) is 4.44. The lowest BCUT2D eigenvalue weighted by atomic mass is 10.1. The molecule has 2 N–H and O–H groups in total. The number of imidazole rings is 1. The number of hydrogen-bond donors (Lipinski definition) is 2. The summed E-state index contributed by atoms with van der Waals surface area (Å²) in [5.41, 5.74) is 3.60. The van der Waals surface area contributed by atoms with Crippen LogP contribution in [0.3, 0.4) is 0 Å². The van der Waals surface area contributed by atoms with Crippen molar-refractivity contribution in [3.8, 4) is 23.5 Å². The van der Waals surface area contributed by atoms with Crippen LogP contribution in [0.1, 0.15) is 21.5 Å². The molecule has 7 nitrogen and oxygen atoms in total. The Morgan fingerprint density at radius 3 is 2.24 bits per heavy atom. The summed E-state index contributed by atoms with van der Waals surface area (Å²) >= 11 is 0. The molecule has 1 aromatic heterocycles. The zero-order chi connectivity index (χ0) is 20.4. The Morgan fingerprint density at radius 1 is 0.931 bits per heavy atom. The van der Waals surface area contributed by atoms with E-state index in [0.717, 1.165) is 4.73 Å². The number of rotatable bonds is 3. The van der Waals surface area contributed by atoms with Gasteiger partial charge >= 0.3 is 0 Å². The first-order valence-corrected chi connectivity index (χ1v) is 8.63. The van der Waals surface area contributed by atoms with Gasteiger partial charge in [-0.05, 0) is 66.7 Å². The number of benzene rings is 3. The molecule has 0 saturated heterocycles. The number of hydrogen-bond acceptors (Lipinski definition) is 5. The van der Waals surface area contributed by atoms with Gasteiger partial charge in [0.15, 0.2) is 5.82 Å². The lowest BCUT2D eigenvalue weighted by Gasteiger charge is -2.07. The molecule has 0 saturated carbocycles. The maximum Gasteiger partial charge on any atom is 0.255 e. The number of amides is 1. The third-order valence-corrected chi connectivity index (χ3v) is 4.44. The van der Waals surface area contributed by atoms with Gasteiger partial charge in [-0.3, -0.25) is 4.79 Å². The first kappa shape index (κ1) is 17.8. The summed E-state index contributed by atoms with van der Waals surface area (Å²) in [4.78, 5) is 16.7. The first-order valence-electron chi connectivity index (χ1n) is 8.63. The summed E-state index contributed by atoms with van der Waals surface area (Å²) < 4.78 is 0.945. The summed E-state index contributed by atoms with van der Waals surface area (Å²) in [5.74, 6) is 0.0423. The van der Waals surface area contributed by atoms with Gasteiger partial charge < -0.3 is 10.5 Å². The van der Waals surface area contributed by atoms with Gasteiger partial charge in [-0.1, -0.05) is 0 Å². The Kier molecular flexibility index (Phi) is 4.40. The highest BCUT2D eigenvalue weighted by Gasteiger charge is 2.13. The summed E-state index contributed by atoms with van der Waals surface area (Å²) in [6.45, 7) is 0. The van der Waals surface area contributed by atoms with Crippen LogP contribution in [-0.4, -0.2) is 20.8 Å². The molecule has 0 aliphatic heterocycles. The van der Waals surface area contributed by atoms with E-state index in [2.05, 4.69) is 10.3 Å². The Labute approximate surface area is 165 Å². The van der Waals surface area contributed by atoms with Crippen molar-refractivity contribution in [2.24, 2.45) is 0 Å². The Hall–Kier alpha value is -4.62. The van der Waals surface area contributed by atoms with Crippen LogP contribution in [0.25, 0.3) is 22.4 Å². The second-order valence-electron chi connectivity index (χ2n) is 6.28. The van der Waals surface area contributed by atoms with Crippen molar-refractivity contribution >= 4 is 22.6 Å². The molecule has 1 amide bonds. The molecule has 0 aliphatic rings. The second-order valence-corrected chi connectivity index (χ2v) is 6.28. The van der Waals surface area contributed by atoms with Crippen molar-refractivity contribution < 1.29 is 10.0 Å². The van der Waals surface area contributed by atoms with Gasteiger partial charge in [0.25, 0.3) is 5.91 Å². The molecule has 138 valence electrons. The smallest absolute Gasteiger partial charge is 0.255 e. The zero-order valence-electron chi connectivity index (χ0n) is 15.0. The highest BCUT2D eigenvalue weighted by molar-refractivity contribution is 6.04. The molecule has 0 spiro atoms. The summed E-state index contributed by atoms with van der Waals surface area (Å²) in [6, 6.07) is 22.1. The van der Waals surface area contributed by atoms with E-state index in [9.17, 15) is 10.0 Å². The predicted octanol–water partition coefficient (Wildman–Crippen LogP) is 3.94. The van der Waals surface area contributed by atoms with Gasteiger partial charge in [-0.15, -0.1) is 0 Å². The topological polar surface area (TPSA) is 115 Å². The minimum Gasteiger partial charge on any atom is -0.426 e. The molecular formula is C22H13N5O2. The molecule has 7 heteroatoms. The predicted molar refractivity (Wildman–Crippen MR) is 106 cm³/mol. The normalized spacial score (nSPS) is 10.3. The molecule has 4 aromatic rings. The number of fused-ring (bicyclic) bond motifs is 1. The third kappa shape index (κ3) is 3.36. The summed E-state index contributed by atoms with van der Waals surface area (Å²) in [7, 11) is 0. The summed E-state index contributed by atoms with van der Waals surface area (Å²) in [6.07, 6.45) is 0. The van der Waals surface area contributed by atoms with Gasteiger partial charge in [0.1, 0.15) is 5.52 Å². The van der Waals surface area contributed by atoms with Gasteiger partial charge in [-0.25, -0.2) is 4.98 Å². The number of anilines is 1. The molecule has 4 rings (SSSR count). The zero-order valence-corrected chi connectivity index (χ0v) is 15.0. The molecule has 0 unspecified atom stereocenters. The number of carbonyl (C=O) groups excluding carboxylic acids is 1. The standard InChI is InChI=1S/C22H13N5O2/c23-12-14-1-4-17(5-2-14)22(28)25-18-8-6-16(7-9-18)21-26-19-10-3-15(13-24)11-20(19)27(21)29/h1-11,29H,(H,25,28). The molecule has 0 fully saturated rings. The van der Waals surface area contributed by atoms with Crippen LogP contribution in [0.2, 0.25) is 0 Å². The van der Waals surface area contributed by atoms with Crippen molar-refractivity contribution in [2.45, 2.75) is 0 Å². The van der Waals surface area contributed by atoms with E-state index in [0.29, 0.717) is 44.8 Å². The number of nitrogens with zero attached hydrogens (tertiary/aromatic N) is 4. The van der Waals surface area contributed by atoms with E-state index in [1.165, 1.54) is 0 Å². The molecular weight excluding hydrogens is 366 g/mol. The van der Waals surface area contributed by atoms with Gasteiger partial charge in [0.2, 0.25) is 0 Å². The van der Waals surface area contributed by atoms with Crippen LogP contribution in [0.5, 0.6) is 0 Å². The van der Waals surface area contributed by atoms with Crippen LogP contribution >= 0.6 is 0 Å². The lowest BCUT2D eigenvalue weighted by Crippen LogP contribution is -2.11. The van der Waals surface area contributed by atoms with Gasteiger partial charge in [0, 0.05) is 16.8 Å². The summed E-state index contributed by atoms with van der Waals surface area (Å²) in [5, 5.41) is 31.0. The van der Waals surface area contributed by atoms with Crippen LogP contribution < -0.4 is 5.32 Å². The fourth-order valence-corrected chi connectivity index (χ4v) is 2.92. The first-order chi connectivity index (χ1) is 14.1. The Morgan fingerprint density at radius 2 is 1.59 bits per heavy atom. The van der Waals surface area contributed by atoms with Crippen LogP contribution in [0.15, 0.2) is 66.7 Å². The van der Waals surface area contributed by atoms with Gasteiger partial charge in [-0.2, -0.15) is 15.3 Å². The van der Waals surface area contributed by atoms with Crippen molar-refractivity contribution in [1.82, 2.24) is 9.71 Å². The molecule has 0 radical (unpaired) electrons. The van der Waals surface area contributed by atoms with Crippen molar-refractivity contribution in [3.05, 3.63) is 83.4 Å². The Balaban J connectivity index is 1.57. The SMILES string of the molecule is N#Cc1ccc(C(=O)Nc2ccc(-c3nc4ccc(C#N)cc4n3O)cc2)cc1. The highest BCUT2D eigenvalue weighted by Crippen LogP contribution is 2.25. The molecule has 0 atom stereocenters. The lowest BCUT2D eigenvalue weighted by molar-refractivity contribution is 0.102. The Bertz CT molecular complexity index is 1310. The quantitative estimate of drug-likeness (QED) is 0.523. The minimum atomic E-state index is -0.291. The number of nitriles is 2. The average Bonchev–Trinajstić information content (AvgIpc) is 3.10. The largest absolute Gasteiger partial charge is 0.426 e. The number of carbonyl (C=O) groups is 1. The second kappa shape index (κ2) is 7.18. The van der Waals surface area contributed by atoms with E-state index in [1.807, 2.05) is 12.1 Å². The maximum absolute atomic E-state index is 12.3. The molecule has 0 aliphatic carbocycles. The minimum absolute atomic E-state index is 0.291. The van der Waals surface area contributed by atoms with E-state index >= 15 is 0 Å². The van der Waals surface area contributed by atoms with E-state index in [-0.39, 0.29) is 5.91 Å². The number of aromatic nitrogens is 2. The molecule has 0 bridgehead atoms. The molecule has 29 heavy (non-hydrogen) atoms. The molecule has 1 heterocycles.